The molecule has 1 amide bonds. The Labute approximate surface area is 167 Å². The number of anilines is 2. The normalized spacial score (nSPS) is 10.3. The minimum atomic E-state index is -0.380. The molecule has 2 aromatic carbocycles. The van der Waals surface area contributed by atoms with E-state index in [0.29, 0.717) is 40.0 Å². The summed E-state index contributed by atoms with van der Waals surface area (Å²) in [4.78, 5) is 21.1. The Morgan fingerprint density at radius 3 is 2.62 bits per heavy atom. The van der Waals surface area contributed by atoms with Gasteiger partial charge in [0.1, 0.15) is 17.3 Å². The third-order valence-electron chi connectivity index (χ3n) is 4.27. The third kappa shape index (κ3) is 4.78. The molecule has 2 N–H and O–H groups in total. The molecule has 0 saturated heterocycles. The lowest BCUT2D eigenvalue weighted by molar-refractivity contribution is 0.102. The van der Waals surface area contributed by atoms with Crippen molar-refractivity contribution < 1.29 is 18.7 Å². The summed E-state index contributed by atoms with van der Waals surface area (Å²) in [5.41, 5.74) is 1.76. The van der Waals surface area contributed by atoms with Gasteiger partial charge in [-0.1, -0.05) is 18.2 Å². The Balaban J connectivity index is 1.73. The predicted octanol–water partition coefficient (Wildman–Crippen LogP) is 3.81. The lowest BCUT2D eigenvalue weighted by Gasteiger charge is -2.13. The van der Waals surface area contributed by atoms with E-state index in [1.807, 2.05) is 0 Å². The second-order valence-electron chi connectivity index (χ2n) is 6.16. The summed E-state index contributed by atoms with van der Waals surface area (Å²) < 4.78 is 24.2. The maximum Gasteiger partial charge on any atom is 0.259 e. The summed E-state index contributed by atoms with van der Waals surface area (Å²) >= 11 is 0. The summed E-state index contributed by atoms with van der Waals surface area (Å²) in [6.45, 7) is 1.94. The van der Waals surface area contributed by atoms with Crippen molar-refractivity contribution in [2.45, 2.75) is 13.5 Å². The molecule has 0 aliphatic heterocycles. The zero-order valence-corrected chi connectivity index (χ0v) is 16.3. The standard InChI is InChI=1S/C21H21FN4O3/c1-13-16(20(27)26-18-10-15(28-2)8-9-19(18)29-3)12-24-21(25-13)23-11-14-6-4-5-7-17(14)22/h4-10,12H,11H2,1-3H3,(H,26,27)(H,23,24,25). The first-order valence-corrected chi connectivity index (χ1v) is 8.86. The average Bonchev–Trinajstić information content (AvgIpc) is 2.73. The van der Waals surface area contributed by atoms with Crippen molar-refractivity contribution >= 4 is 17.5 Å². The number of hydrogen-bond acceptors (Lipinski definition) is 6. The number of methoxy groups -OCH3 is 2. The van der Waals surface area contributed by atoms with Crippen LogP contribution in [0, 0.1) is 12.7 Å². The van der Waals surface area contributed by atoms with E-state index in [9.17, 15) is 9.18 Å². The second kappa shape index (κ2) is 9.01. The van der Waals surface area contributed by atoms with E-state index < -0.39 is 0 Å². The largest absolute Gasteiger partial charge is 0.497 e. The molecule has 3 aromatic rings. The molecule has 0 unspecified atom stereocenters. The van der Waals surface area contributed by atoms with E-state index in [0.717, 1.165) is 0 Å². The van der Waals surface area contributed by atoms with Crippen LogP contribution in [0.4, 0.5) is 16.0 Å². The van der Waals surface area contributed by atoms with Gasteiger partial charge in [0.2, 0.25) is 5.95 Å². The number of carbonyl (C=O) groups is 1. The molecule has 8 heteroatoms. The summed E-state index contributed by atoms with van der Waals surface area (Å²) in [7, 11) is 3.06. The van der Waals surface area contributed by atoms with Crippen LogP contribution in [-0.4, -0.2) is 30.1 Å². The summed E-state index contributed by atoms with van der Waals surface area (Å²) in [6.07, 6.45) is 1.42. The molecule has 0 bridgehead atoms. The van der Waals surface area contributed by atoms with Gasteiger partial charge in [-0.15, -0.1) is 0 Å². The monoisotopic (exact) mass is 396 g/mol. The zero-order chi connectivity index (χ0) is 20.8. The number of hydrogen-bond donors (Lipinski definition) is 2. The molecule has 29 heavy (non-hydrogen) atoms. The summed E-state index contributed by atoms with van der Waals surface area (Å²) in [5.74, 6) is 0.707. The fourth-order valence-corrected chi connectivity index (χ4v) is 2.69. The molecule has 0 spiro atoms. The van der Waals surface area contributed by atoms with Gasteiger partial charge < -0.3 is 20.1 Å². The minimum absolute atomic E-state index is 0.235. The number of amides is 1. The first-order valence-electron chi connectivity index (χ1n) is 8.86. The number of aryl methyl sites for hydroxylation is 1. The topological polar surface area (TPSA) is 85.4 Å². The maximum absolute atomic E-state index is 13.7. The van der Waals surface area contributed by atoms with Crippen LogP contribution >= 0.6 is 0 Å². The zero-order valence-electron chi connectivity index (χ0n) is 16.3. The number of ether oxygens (including phenoxy) is 2. The van der Waals surface area contributed by atoms with Gasteiger partial charge in [0.05, 0.1) is 31.2 Å². The highest BCUT2D eigenvalue weighted by molar-refractivity contribution is 6.05. The van der Waals surface area contributed by atoms with Crippen LogP contribution in [0.1, 0.15) is 21.6 Å². The molecule has 0 saturated carbocycles. The smallest absolute Gasteiger partial charge is 0.259 e. The lowest BCUT2D eigenvalue weighted by Crippen LogP contribution is -2.16. The van der Waals surface area contributed by atoms with Gasteiger partial charge in [-0.2, -0.15) is 0 Å². The number of nitrogens with one attached hydrogen (secondary N) is 2. The Morgan fingerprint density at radius 1 is 1.14 bits per heavy atom. The molecule has 1 heterocycles. The molecule has 1 aromatic heterocycles. The molecule has 150 valence electrons. The fourth-order valence-electron chi connectivity index (χ4n) is 2.69. The van der Waals surface area contributed by atoms with E-state index in [1.165, 1.54) is 19.4 Å². The molecule has 0 aliphatic carbocycles. The lowest BCUT2D eigenvalue weighted by atomic mass is 10.2. The number of aromatic nitrogens is 2. The molecule has 0 aliphatic rings. The van der Waals surface area contributed by atoms with E-state index >= 15 is 0 Å². The van der Waals surface area contributed by atoms with Crippen LogP contribution in [0.25, 0.3) is 0 Å². The van der Waals surface area contributed by atoms with Crippen molar-refractivity contribution in [1.82, 2.24) is 9.97 Å². The van der Waals surface area contributed by atoms with Crippen molar-refractivity contribution in [3.8, 4) is 11.5 Å². The van der Waals surface area contributed by atoms with Gasteiger partial charge in [0.15, 0.2) is 0 Å². The molecule has 0 atom stereocenters. The number of nitrogens with zero attached hydrogens (tertiary/aromatic N) is 2. The van der Waals surface area contributed by atoms with E-state index in [4.69, 9.17) is 9.47 Å². The van der Waals surface area contributed by atoms with Crippen LogP contribution in [0.5, 0.6) is 11.5 Å². The van der Waals surface area contributed by atoms with Gasteiger partial charge in [0, 0.05) is 24.4 Å². The SMILES string of the molecule is COc1ccc(OC)c(NC(=O)c2cnc(NCc3ccccc3F)nc2C)c1. The highest BCUT2D eigenvalue weighted by atomic mass is 19.1. The third-order valence-corrected chi connectivity index (χ3v) is 4.27. The van der Waals surface area contributed by atoms with Gasteiger partial charge in [-0.05, 0) is 25.1 Å². The maximum atomic E-state index is 13.7. The number of halogens is 1. The van der Waals surface area contributed by atoms with Crippen molar-refractivity contribution in [3.63, 3.8) is 0 Å². The van der Waals surface area contributed by atoms with Crippen LogP contribution in [0.15, 0.2) is 48.7 Å². The van der Waals surface area contributed by atoms with E-state index in [2.05, 4.69) is 20.6 Å². The Kier molecular flexibility index (Phi) is 6.23. The van der Waals surface area contributed by atoms with Crippen LogP contribution in [-0.2, 0) is 6.54 Å². The molecule has 0 fully saturated rings. The van der Waals surface area contributed by atoms with Crippen LogP contribution in [0.3, 0.4) is 0 Å². The highest BCUT2D eigenvalue weighted by Crippen LogP contribution is 2.29. The first-order chi connectivity index (χ1) is 14.0. The molecular weight excluding hydrogens is 375 g/mol. The average molecular weight is 396 g/mol. The molecular formula is C21H21FN4O3. The number of rotatable bonds is 7. The van der Waals surface area contributed by atoms with Crippen LogP contribution in [0.2, 0.25) is 0 Å². The number of benzene rings is 2. The number of carbonyl (C=O) groups excluding carboxylic acids is 1. The molecule has 0 radical (unpaired) electrons. The van der Waals surface area contributed by atoms with Crippen molar-refractivity contribution in [1.29, 1.82) is 0 Å². The van der Waals surface area contributed by atoms with Gasteiger partial charge in [-0.3, -0.25) is 4.79 Å². The fraction of sp³-hybridized carbons (Fsp3) is 0.190. The Morgan fingerprint density at radius 2 is 1.93 bits per heavy atom. The van der Waals surface area contributed by atoms with Crippen molar-refractivity contribution in [3.05, 3.63) is 71.3 Å². The van der Waals surface area contributed by atoms with Gasteiger partial charge in [0.25, 0.3) is 5.91 Å². The quantitative estimate of drug-likeness (QED) is 0.632. The molecule has 7 nitrogen and oxygen atoms in total. The van der Waals surface area contributed by atoms with Crippen molar-refractivity contribution in [2.24, 2.45) is 0 Å². The van der Waals surface area contributed by atoms with Gasteiger partial charge >= 0.3 is 0 Å². The van der Waals surface area contributed by atoms with Gasteiger partial charge in [-0.25, -0.2) is 14.4 Å². The Bertz CT molecular complexity index is 1030. The van der Waals surface area contributed by atoms with Crippen molar-refractivity contribution in [2.75, 3.05) is 24.9 Å². The second-order valence-corrected chi connectivity index (χ2v) is 6.16. The molecule has 3 rings (SSSR count). The Hall–Kier alpha value is -3.68. The van der Waals surface area contributed by atoms with Crippen LogP contribution < -0.4 is 20.1 Å². The van der Waals surface area contributed by atoms with E-state index in [1.54, 1.807) is 50.4 Å². The summed E-state index contributed by atoms with van der Waals surface area (Å²) in [6, 6.07) is 11.6. The first kappa shape index (κ1) is 20.1. The summed E-state index contributed by atoms with van der Waals surface area (Å²) in [5, 5.41) is 5.75. The predicted molar refractivity (Wildman–Crippen MR) is 108 cm³/mol. The minimum Gasteiger partial charge on any atom is -0.497 e. The van der Waals surface area contributed by atoms with E-state index in [-0.39, 0.29) is 18.3 Å². The highest BCUT2D eigenvalue weighted by Gasteiger charge is 2.15.